The fourth-order valence-electron chi connectivity index (χ4n) is 1.03. The topological polar surface area (TPSA) is 46.2 Å². The van der Waals surface area contributed by atoms with Gasteiger partial charge in [0.1, 0.15) is 0 Å². The summed E-state index contributed by atoms with van der Waals surface area (Å²) >= 11 is 0. The van der Waals surface area contributed by atoms with Crippen LogP contribution >= 0.6 is 0 Å². The second-order valence-electron chi connectivity index (χ2n) is 2.87. The lowest BCUT2D eigenvalue weighted by molar-refractivity contribution is -0.137. The van der Waals surface area contributed by atoms with Gasteiger partial charge in [-0.25, -0.2) is 0 Å². The maximum Gasteiger partial charge on any atom is 0.416 e. The molecule has 0 aliphatic heterocycles. The van der Waals surface area contributed by atoms with Gasteiger partial charge in [0.05, 0.1) is 11.7 Å². The lowest BCUT2D eigenvalue weighted by atomic mass is 10.1. The number of hydrogen-bond donors (Lipinski definition) is 2. The van der Waals surface area contributed by atoms with E-state index in [-0.39, 0.29) is 6.54 Å². The predicted molar refractivity (Wildman–Crippen MR) is 45.5 cm³/mol. The van der Waals surface area contributed by atoms with Gasteiger partial charge in [0.25, 0.3) is 0 Å². The van der Waals surface area contributed by atoms with Crippen molar-refractivity contribution in [3.05, 3.63) is 35.4 Å². The summed E-state index contributed by atoms with van der Waals surface area (Å²) in [6, 6.07) is 4.29. The summed E-state index contributed by atoms with van der Waals surface area (Å²) in [5.41, 5.74) is 4.81. The highest BCUT2D eigenvalue weighted by molar-refractivity contribution is 5.26. The maximum atomic E-state index is 12.1. The van der Waals surface area contributed by atoms with Gasteiger partial charge < -0.3 is 10.8 Å². The molecule has 0 saturated heterocycles. The Balaban J connectivity index is 2.89. The van der Waals surface area contributed by atoms with E-state index < -0.39 is 17.8 Å². The van der Waals surface area contributed by atoms with Crippen molar-refractivity contribution in [2.75, 3.05) is 6.54 Å². The van der Waals surface area contributed by atoms with Crippen molar-refractivity contribution in [2.24, 2.45) is 5.73 Å². The Hall–Kier alpha value is -1.07. The Morgan fingerprint density at radius 1 is 1.21 bits per heavy atom. The first-order valence-electron chi connectivity index (χ1n) is 4.00. The summed E-state index contributed by atoms with van der Waals surface area (Å²) in [5, 5.41) is 9.22. The van der Waals surface area contributed by atoms with Crippen LogP contribution in [0.2, 0.25) is 0 Å². The maximum absolute atomic E-state index is 12.1. The third-order valence-corrected chi connectivity index (χ3v) is 1.85. The Morgan fingerprint density at radius 2 is 1.71 bits per heavy atom. The molecule has 1 aromatic rings. The molecule has 0 unspecified atom stereocenters. The van der Waals surface area contributed by atoms with Crippen molar-refractivity contribution in [3.8, 4) is 0 Å². The monoisotopic (exact) mass is 205 g/mol. The molecule has 0 bridgehead atoms. The van der Waals surface area contributed by atoms with Crippen LogP contribution in [0.25, 0.3) is 0 Å². The summed E-state index contributed by atoms with van der Waals surface area (Å²) in [4.78, 5) is 0. The second kappa shape index (κ2) is 3.98. The molecule has 2 nitrogen and oxygen atoms in total. The average molecular weight is 205 g/mol. The zero-order valence-electron chi connectivity index (χ0n) is 7.25. The average Bonchev–Trinajstić information content (AvgIpc) is 2.15. The number of benzene rings is 1. The van der Waals surface area contributed by atoms with Crippen LogP contribution in [0.4, 0.5) is 13.2 Å². The van der Waals surface area contributed by atoms with Crippen LogP contribution in [-0.4, -0.2) is 11.7 Å². The number of nitrogens with two attached hydrogens (primary N) is 1. The Kier molecular flexibility index (Phi) is 3.13. The van der Waals surface area contributed by atoms with Gasteiger partial charge in [-0.1, -0.05) is 12.1 Å². The van der Waals surface area contributed by atoms with E-state index in [1.165, 1.54) is 12.1 Å². The summed E-state index contributed by atoms with van der Waals surface area (Å²) in [6.45, 7) is -0.00857. The van der Waals surface area contributed by atoms with Gasteiger partial charge in [0.2, 0.25) is 0 Å². The molecule has 1 atom stereocenters. The zero-order chi connectivity index (χ0) is 10.8. The Morgan fingerprint density at radius 3 is 2.07 bits per heavy atom. The molecule has 0 amide bonds. The standard InChI is InChI=1S/C9H10F3NO/c10-9(11,12)7-3-1-6(2-4-7)8(14)5-13/h1-4,8,14H,5,13H2/t8-/m1/s1. The van der Waals surface area contributed by atoms with E-state index in [1.54, 1.807) is 0 Å². The summed E-state index contributed by atoms with van der Waals surface area (Å²) in [6.07, 6.45) is -5.25. The Bertz CT molecular complexity index is 294. The van der Waals surface area contributed by atoms with Crippen LogP contribution in [0.15, 0.2) is 24.3 Å². The van der Waals surface area contributed by atoms with Crippen LogP contribution in [0.1, 0.15) is 17.2 Å². The lowest BCUT2D eigenvalue weighted by Crippen LogP contribution is -2.12. The highest BCUT2D eigenvalue weighted by Crippen LogP contribution is 2.29. The van der Waals surface area contributed by atoms with Crippen LogP contribution < -0.4 is 5.73 Å². The lowest BCUT2D eigenvalue weighted by Gasteiger charge is -2.10. The van der Waals surface area contributed by atoms with Gasteiger partial charge in [0, 0.05) is 6.54 Å². The highest BCUT2D eigenvalue weighted by Gasteiger charge is 2.30. The van der Waals surface area contributed by atoms with Gasteiger partial charge in [-0.2, -0.15) is 13.2 Å². The van der Waals surface area contributed by atoms with Gasteiger partial charge in [-0.05, 0) is 17.7 Å². The minimum Gasteiger partial charge on any atom is -0.387 e. The van der Waals surface area contributed by atoms with E-state index in [9.17, 15) is 18.3 Å². The van der Waals surface area contributed by atoms with E-state index in [0.717, 1.165) is 12.1 Å². The number of aliphatic hydroxyl groups is 1. The molecule has 0 heterocycles. The van der Waals surface area contributed by atoms with Crippen molar-refractivity contribution in [1.29, 1.82) is 0 Å². The van der Waals surface area contributed by atoms with Crippen molar-refractivity contribution >= 4 is 0 Å². The molecule has 0 spiro atoms. The molecule has 0 fully saturated rings. The van der Waals surface area contributed by atoms with Crippen LogP contribution in [-0.2, 0) is 6.18 Å². The molecular weight excluding hydrogens is 195 g/mol. The van der Waals surface area contributed by atoms with E-state index in [0.29, 0.717) is 5.56 Å². The molecule has 78 valence electrons. The molecule has 0 radical (unpaired) electrons. The number of halogens is 3. The molecule has 0 aliphatic carbocycles. The molecule has 1 rings (SSSR count). The fraction of sp³-hybridized carbons (Fsp3) is 0.333. The van der Waals surface area contributed by atoms with Crippen LogP contribution in [0.5, 0.6) is 0 Å². The molecular formula is C9H10F3NO. The minimum absolute atomic E-state index is 0.00857. The van der Waals surface area contributed by atoms with Crippen molar-refractivity contribution in [1.82, 2.24) is 0 Å². The number of hydrogen-bond acceptors (Lipinski definition) is 2. The normalized spacial score (nSPS) is 14.1. The highest BCUT2D eigenvalue weighted by atomic mass is 19.4. The van der Waals surface area contributed by atoms with E-state index in [1.807, 2.05) is 0 Å². The molecule has 0 aromatic heterocycles. The van der Waals surface area contributed by atoms with Gasteiger partial charge in [0.15, 0.2) is 0 Å². The van der Waals surface area contributed by atoms with Crippen molar-refractivity contribution < 1.29 is 18.3 Å². The summed E-state index contributed by atoms with van der Waals surface area (Å²) in [7, 11) is 0. The zero-order valence-corrected chi connectivity index (χ0v) is 7.25. The molecule has 14 heavy (non-hydrogen) atoms. The molecule has 0 saturated carbocycles. The first-order valence-corrected chi connectivity index (χ1v) is 4.00. The van der Waals surface area contributed by atoms with E-state index in [2.05, 4.69) is 0 Å². The smallest absolute Gasteiger partial charge is 0.387 e. The van der Waals surface area contributed by atoms with Gasteiger partial charge >= 0.3 is 6.18 Å². The molecule has 1 aromatic carbocycles. The van der Waals surface area contributed by atoms with Gasteiger partial charge in [-0.3, -0.25) is 0 Å². The fourth-order valence-corrected chi connectivity index (χ4v) is 1.03. The second-order valence-corrected chi connectivity index (χ2v) is 2.87. The van der Waals surface area contributed by atoms with Crippen molar-refractivity contribution in [3.63, 3.8) is 0 Å². The number of aliphatic hydroxyl groups excluding tert-OH is 1. The van der Waals surface area contributed by atoms with Gasteiger partial charge in [-0.15, -0.1) is 0 Å². The molecule has 0 aliphatic rings. The minimum atomic E-state index is -4.34. The largest absolute Gasteiger partial charge is 0.416 e. The number of rotatable bonds is 2. The first kappa shape index (κ1) is 11.0. The molecule has 3 N–H and O–H groups in total. The van der Waals surface area contributed by atoms with Crippen LogP contribution in [0.3, 0.4) is 0 Å². The van der Waals surface area contributed by atoms with E-state index >= 15 is 0 Å². The molecule has 5 heteroatoms. The van der Waals surface area contributed by atoms with Crippen LogP contribution in [0, 0.1) is 0 Å². The third-order valence-electron chi connectivity index (χ3n) is 1.85. The quantitative estimate of drug-likeness (QED) is 0.771. The van der Waals surface area contributed by atoms with E-state index in [4.69, 9.17) is 5.73 Å². The summed E-state index contributed by atoms with van der Waals surface area (Å²) < 4.78 is 36.3. The number of alkyl halides is 3. The van der Waals surface area contributed by atoms with Crippen molar-refractivity contribution in [2.45, 2.75) is 12.3 Å². The third kappa shape index (κ3) is 2.46. The predicted octanol–water partition coefficient (Wildman–Crippen LogP) is 1.70. The Labute approximate surface area is 79.2 Å². The SMILES string of the molecule is NC[C@@H](O)c1ccc(C(F)(F)F)cc1. The summed E-state index contributed by atoms with van der Waals surface area (Å²) in [5.74, 6) is 0. The first-order chi connectivity index (χ1) is 6.45.